The van der Waals surface area contributed by atoms with Gasteiger partial charge >= 0.3 is 0 Å². The summed E-state index contributed by atoms with van der Waals surface area (Å²) in [5.74, 6) is 0.237. The van der Waals surface area contributed by atoms with Crippen LogP contribution in [0, 0.1) is 5.92 Å². The van der Waals surface area contributed by atoms with Crippen molar-refractivity contribution in [3.05, 3.63) is 45.2 Å². The fourth-order valence-corrected chi connectivity index (χ4v) is 3.63. The zero-order valence-corrected chi connectivity index (χ0v) is 14.3. The number of piperidine rings is 1. The second-order valence-electron chi connectivity index (χ2n) is 6.60. The van der Waals surface area contributed by atoms with Gasteiger partial charge in [-0.15, -0.1) is 0 Å². The minimum atomic E-state index is -0.239. The lowest BCUT2D eigenvalue weighted by Gasteiger charge is -2.32. The van der Waals surface area contributed by atoms with E-state index in [2.05, 4.69) is 9.88 Å². The highest BCUT2D eigenvalue weighted by molar-refractivity contribution is 6.31. The molecule has 1 saturated heterocycles. The standard InChI is InChI=1S/C18H22ClN3O2/c19-15-5-4-13-8-14(18(24)21-16(13)9-15)11-22-7-1-2-12(10-22)3-6-17(20)23/h4-5,8-9,12H,1-3,6-7,10-11H2,(H2,20,23)(H,21,24). The lowest BCUT2D eigenvalue weighted by molar-refractivity contribution is -0.118. The Morgan fingerprint density at radius 2 is 2.21 bits per heavy atom. The molecule has 1 amide bonds. The number of aromatic amines is 1. The van der Waals surface area contributed by atoms with E-state index in [0.717, 1.165) is 48.8 Å². The molecule has 0 bridgehead atoms. The van der Waals surface area contributed by atoms with Crippen molar-refractivity contribution in [1.82, 2.24) is 9.88 Å². The van der Waals surface area contributed by atoms with Crippen molar-refractivity contribution in [2.45, 2.75) is 32.2 Å². The SMILES string of the molecule is NC(=O)CCC1CCCN(Cc2cc3ccc(Cl)cc3[nH]c2=O)C1. The van der Waals surface area contributed by atoms with Crippen molar-refractivity contribution in [2.75, 3.05) is 13.1 Å². The second kappa shape index (κ2) is 7.36. The first-order valence-electron chi connectivity index (χ1n) is 8.33. The predicted molar refractivity (Wildman–Crippen MR) is 96.0 cm³/mol. The number of nitrogens with zero attached hydrogens (tertiary/aromatic N) is 1. The van der Waals surface area contributed by atoms with Gasteiger partial charge in [0.25, 0.3) is 5.56 Å². The molecule has 2 aromatic rings. The van der Waals surface area contributed by atoms with Gasteiger partial charge in [-0.25, -0.2) is 0 Å². The minimum absolute atomic E-state index is 0.0657. The number of nitrogens with two attached hydrogens (primary N) is 1. The van der Waals surface area contributed by atoms with Crippen LogP contribution in [0.2, 0.25) is 5.02 Å². The molecule has 1 aliphatic heterocycles. The maximum atomic E-state index is 12.3. The molecule has 5 nitrogen and oxygen atoms in total. The smallest absolute Gasteiger partial charge is 0.252 e. The second-order valence-corrected chi connectivity index (χ2v) is 7.04. The first kappa shape index (κ1) is 17.0. The van der Waals surface area contributed by atoms with Crippen molar-refractivity contribution >= 4 is 28.4 Å². The van der Waals surface area contributed by atoms with Crippen molar-refractivity contribution in [2.24, 2.45) is 11.7 Å². The van der Waals surface area contributed by atoms with E-state index < -0.39 is 0 Å². The van der Waals surface area contributed by atoms with Gasteiger partial charge < -0.3 is 10.7 Å². The number of halogens is 1. The largest absolute Gasteiger partial charge is 0.370 e. The highest BCUT2D eigenvalue weighted by Gasteiger charge is 2.21. The third kappa shape index (κ3) is 4.16. The van der Waals surface area contributed by atoms with E-state index >= 15 is 0 Å². The summed E-state index contributed by atoms with van der Waals surface area (Å²) in [6.45, 7) is 2.51. The topological polar surface area (TPSA) is 79.2 Å². The molecule has 1 unspecified atom stereocenters. The van der Waals surface area contributed by atoms with Gasteiger partial charge in [0.15, 0.2) is 0 Å². The van der Waals surface area contributed by atoms with Crippen molar-refractivity contribution in [3.63, 3.8) is 0 Å². The van der Waals surface area contributed by atoms with Crippen molar-refractivity contribution < 1.29 is 4.79 Å². The third-order valence-corrected chi connectivity index (χ3v) is 4.92. The molecule has 1 atom stereocenters. The third-order valence-electron chi connectivity index (χ3n) is 4.68. The molecule has 0 saturated carbocycles. The first-order valence-corrected chi connectivity index (χ1v) is 8.71. The normalized spacial score (nSPS) is 18.8. The van der Waals surface area contributed by atoms with Crippen LogP contribution in [0.25, 0.3) is 10.9 Å². The molecule has 1 aromatic heterocycles. The Bertz CT molecular complexity index is 802. The quantitative estimate of drug-likeness (QED) is 0.872. The number of H-pyrrole nitrogens is 1. The van der Waals surface area contributed by atoms with E-state index in [1.165, 1.54) is 0 Å². The van der Waals surface area contributed by atoms with Gasteiger partial charge in [-0.1, -0.05) is 17.7 Å². The number of rotatable bonds is 5. The first-order chi connectivity index (χ1) is 11.5. The van der Waals surface area contributed by atoms with E-state index in [1.807, 2.05) is 18.2 Å². The van der Waals surface area contributed by atoms with Crippen LogP contribution in [0.4, 0.5) is 0 Å². The highest BCUT2D eigenvalue weighted by Crippen LogP contribution is 2.23. The van der Waals surface area contributed by atoms with Gasteiger partial charge in [-0.3, -0.25) is 14.5 Å². The molecule has 3 N–H and O–H groups in total. The number of hydrogen-bond donors (Lipinski definition) is 2. The number of hydrogen-bond acceptors (Lipinski definition) is 3. The number of amides is 1. The molecule has 1 fully saturated rings. The average Bonchev–Trinajstić information content (AvgIpc) is 2.54. The molecule has 24 heavy (non-hydrogen) atoms. The van der Waals surface area contributed by atoms with E-state index in [-0.39, 0.29) is 11.5 Å². The molecular weight excluding hydrogens is 326 g/mol. The van der Waals surface area contributed by atoms with E-state index in [0.29, 0.717) is 23.9 Å². The summed E-state index contributed by atoms with van der Waals surface area (Å²) in [5, 5.41) is 1.59. The zero-order chi connectivity index (χ0) is 17.1. The molecular formula is C18H22ClN3O2. The molecule has 3 rings (SSSR count). The molecule has 2 heterocycles. The lowest BCUT2D eigenvalue weighted by Crippen LogP contribution is -2.36. The van der Waals surface area contributed by atoms with Crippen LogP contribution in [0.1, 0.15) is 31.2 Å². The van der Waals surface area contributed by atoms with Crippen LogP contribution in [-0.2, 0) is 11.3 Å². The number of nitrogens with one attached hydrogen (secondary N) is 1. The number of pyridine rings is 1. The fraction of sp³-hybridized carbons (Fsp3) is 0.444. The summed E-state index contributed by atoms with van der Waals surface area (Å²) in [6.07, 6.45) is 3.48. The minimum Gasteiger partial charge on any atom is -0.370 e. The molecule has 128 valence electrons. The summed E-state index contributed by atoms with van der Waals surface area (Å²) in [7, 11) is 0. The number of likely N-dealkylation sites (tertiary alicyclic amines) is 1. The van der Waals surface area contributed by atoms with Gasteiger partial charge in [0.05, 0.1) is 0 Å². The zero-order valence-electron chi connectivity index (χ0n) is 13.6. The number of benzene rings is 1. The van der Waals surface area contributed by atoms with Gasteiger partial charge in [0, 0.05) is 35.6 Å². The maximum absolute atomic E-state index is 12.3. The molecule has 0 aliphatic carbocycles. The molecule has 1 aromatic carbocycles. The molecule has 6 heteroatoms. The van der Waals surface area contributed by atoms with Crippen molar-refractivity contribution in [3.8, 4) is 0 Å². The predicted octanol–water partition coefficient (Wildman–Crippen LogP) is 2.66. The number of primary amides is 1. The number of aromatic nitrogens is 1. The number of fused-ring (bicyclic) bond motifs is 1. The lowest BCUT2D eigenvalue weighted by atomic mass is 9.93. The summed E-state index contributed by atoms with van der Waals surface area (Å²) in [5.41, 5.74) is 6.70. The summed E-state index contributed by atoms with van der Waals surface area (Å²) in [6, 6.07) is 7.45. The Kier molecular flexibility index (Phi) is 5.21. The Morgan fingerprint density at radius 3 is 3.00 bits per heavy atom. The highest BCUT2D eigenvalue weighted by atomic mass is 35.5. The van der Waals surface area contributed by atoms with Gasteiger partial charge in [0.1, 0.15) is 0 Å². The van der Waals surface area contributed by atoms with Crippen LogP contribution in [0.15, 0.2) is 29.1 Å². The number of carbonyl (C=O) groups is 1. The van der Waals surface area contributed by atoms with Crippen LogP contribution < -0.4 is 11.3 Å². The molecule has 0 radical (unpaired) electrons. The van der Waals surface area contributed by atoms with Crippen molar-refractivity contribution in [1.29, 1.82) is 0 Å². The van der Waals surface area contributed by atoms with Crippen LogP contribution in [-0.4, -0.2) is 28.9 Å². The Balaban J connectivity index is 1.72. The summed E-state index contributed by atoms with van der Waals surface area (Å²) >= 11 is 5.97. The Labute approximate surface area is 145 Å². The van der Waals surface area contributed by atoms with E-state index in [4.69, 9.17) is 17.3 Å². The monoisotopic (exact) mass is 347 g/mol. The van der Waals surface area contributed by atoms with Gasteiger partial charge in [-0.2, -0.15) is 0 Å². The fourth-order valence-electron chi connectivity index (χ4n) is 3.45. The summed E-state index contributed by atoms with van der Waals surface area (Å²) in [4.78, 5) is 28.5. The van der Waals surface area contributed by atoms with Crippen LogP contribution >= 0.6 is 11.6 Å². The maximum Gasteiger partial charge on any atom is 0.252 e. The van der Waals surface area contributed by atoms with E-state index in [9.17, 15) is 9.59 Å². The van der Waals surface area contributed by atoms with Crippen LogP contribution in [0.5, 0.6) is 0 Å². The Morgan fingerprint density at radius 1 is 1.38 bits per heavy atom. The summed E-state index contributed by atoms with van der Waals surface area (Å²) < 4.78 is 0. The average molecular weight is 348 g/mol. The molecule has 0 spiro atoms. The molecule has 1 aliphatic rings. The van der Waals surface area contributed by atoms with Crippen LogP contribution in [0.3, 0.4) is 0 Å². The van der Waals surface area contributed by atoms with Gasteiger partial charge in [-0.05, 0) is 55.3 Å². The van der Waals surface area contributed by atoms with Gasteiger partial charge in [0.2, 0.25) is 5.91 Å². The Hall–Kier alpha value is -1.85. The van der Waals surface area contributed by atoms with E-state index in [1.54, 1.807) is 6.07 Å². The number of carbonyl (C=O) groups excluding carboxylic acids is 1.